The zero-order valence-electron chi connectivity index (χ0n) is 20.4. The summed E-state index contributed by atoms with van der Waals surface area (Å²) in [5.41, 5.74) is 2.22. The largest absolute Gasteiger partial charge is 0.497 e. The van der Waals surface area contributed by atoms with E-state index in [2.05, 4.69) is 4.31 Å². The molecule has 4 rings (SSSR count). The molecule has 1 fully saturated rings. The standard InChI is InChI=1S/C28H29ClN2O4S/c1-34-25-7-3-5-22(17-25)27(32)30-16-4-6-24(19-30)31(36-26-14-12-23(29)13-15-26)18-20-8-10-21(11-9-20)28(33)35-2/h3,5,7-15,17,24H,4,6,16,18-19H2,1-2H3. The van der Waals surface area contributed by atoms with Gasteiger partial charge in [0.2, 0.25) is 0 Å². The molecular weight excluding hydrogens is 496 g/mol. The van der Waals surface area contributed by atoms with Crippen LogP contribution in [0.3, 0.4) is 0 Å². The van der Waals surface area contributed by atoms with Crippen molar-refractivity contribution in [3.05, 3.63) is 94.5 Å². The molecule has 3 aromatic rings. The molecule has 36 heavy (non-hydrogen) atoms. The normalized spacial score (nSPS) is 15.6. The van der Waals surface area contributed by atoms with Crippen molar-refractivity contribution in [3.63, 3.8) is 0 Å². The fourth-order valence-corrected chi connectivity index (χ4v) is 5.41. The number of piperidine rings is 1. The van der Waals surface area contributed by atoms with E-state index < -0.39 is 0 Å². The van der Waals surface area contributed by atoms with Crippen molar-refractivity contribution >= 4 is 35.4 Å². The highest BCUT2D eigenvalue weighted by atomic mass is 35.5. The number of nitrogens with zero attached hydrogens (tertiary/aromatic N) is 2. The molecule has 1 aliphatic heterocycles. The van der Waals surface area contributed by atoms with Crippen LogP contribution in [0.4, 0.5) is 0 Å². The molecule has 1 heterocycles. The van der Waals surface area contributed by atoms with Crippen molar-refractivity contribution in [1.29, 1.82) is 0 Å². The van der Waals surface area contributed by atoms with Crippen LogP contribution in [0, 0.1) is 0 Å². The van der Waals surface area contributed by atoms with Crippen molar-refractivity contribution < 1.29 is 19.1 Å². The van der Waals surface area contributed by atoms with Crippen LogP contribution in [0.25, 0.3) is 0 Å². The Morgan fingerprint density at radius 2 is 1.78 bits per heavy atom. The maximum atomic E-state index is 13.3. The molecule has 6 nitrogen and oxygen atoms in total. The second kappa shape index (κ2) is 12.3. The SMILES string of the molecule is COC(=O)c1ccc(CN(Sc2ccc(Cl)cc2)C2CCCN(C(=O)c3cccc(OC)c3)C2)cc1. The van der Waals surface area contributed by atoms with Gasteiger partial charge in [0, 0.05) is 41.2 Å². The first kappa shape index (κ1) is 26.1. The van der Waals surface area contributed by atoms with Crippen molar-refractivity contribution in [2.75, 3.05) is 27.3 Å². The maximum absolute atomic E-state index is 13.3. The van der Waals surface area contributed by atoms with E-state index in [1.54, 1.807) is 37.3 Å². The second-order valence-corrected chi connectivity index (χ2v) is 10.1. The van der Waals surface area contributed by atoms with Crippen LogP contribution in [-0.4, -0.2) is 54.4 Å². The Morgan fingerprint density at radius 3 is 2.47 bits per heavy atom. The topological polar surface area (TPSA) is 59.1 Å². The zero-order valence-corrected chi connectivity index (χ0v) is 21.9. The van der Waals surface area contributed by atoms with Crippen LogP contribution in [-0.2, 0) is 11.3 Å². The number of amides is 1. The fraction of sp³-hybridized carbons (Fsp3) is 0.286. The minimum absolute atomic E-state index is 0.0115. The summed E-state index contributed by atoms with van der Waals surface area (Å²) in [4.78, 5) is 28.1. The molecule has 0 aliphatic carbocycles. The minimum Gasteiger partial charge on any atom is -0.497 e. The highest BCUT2D eigenvalue weighted by Gasteiger charge is 2.29. The summed E-state index contributed by atoms with van der Waals surface area (Å²) in [7, 11) is 2.98. The molecule has 0 N–H and O–H groups in total. The number of hydrogen-bond acceptors (Lipinski definition) is 6. The summed E-state index contributed by atoms with van der Waals surface area (Å²) in [6, 6.07) is 22.7. The Labute approximate surface area is 221 Å². The van der Waals surface area contributed by atoms with Gasteiger partial charge in [-0.25, -0.2) is 9.10 Å². The minimum atomic E-state index is -0.354. The average molecular weight is 525 g/mol. The zero-order chi connectivity index (χ0) is 25.5. The van der Waals surface area contributed by atoms with E-state index >= 15 is 0 Å². The Bertz CT molecular complexity index is 1190. The molecular formula is C28H29ClN2O4S. The fourth-order valence-electron chi connectivity index (χ4n) is 4.22. The molecule has 188 valence electrons. The maximum Gasteiger partial charge on any atom is 0.337 e. The molecule has 0 spiro atoms. The van der Waals surface area contributed by atoms with Crippen LogP contribution in [0.1, 0.15) is 39.1 Å². The summed E-state index contributed by atoms with van der Waals surface area (Å²) in [5.74, 6) is 0.329. The number of ether oxygens (including phenoxy) is 2. The lowest BCUT2D eigenvalue weighted by Crippen LogP contribution is -2.47. The number of halogens is 1. The van der Waals surface area contributed by atoms with Crippen LogP contribution in [0.15, 0.2) is 77.7 Å². The van der Waals surface area contributed by atoms with Crippen molar-refractivity contribution in [3.8, 4) is 5.75 Å². The van der Waals surface area contributed by atoms with Crippen molar-refractivity contribution in [2.45, 2.75) is 30.3 Å². The molecule has 0 radical (unpaired) electrons. The smallest absolute Gasteiger partial charge is 0.337 e. The van der Waals surface area contributed by atoms with Gasteiger partial charge < -0.3 is 14.4 Å². The Hall–Kier alpha value is -3.00. The third-order valence-electron chi connectivity index (χ3n) is 6.16. The van der Waals surface area contributed by atoms with Gasteiger partial charge in [0.25, 0.3) is 5.91 Å². The van der Waals surface area contributed by atoms with Gasteiger partial charge in [-0.1, -0.05) is 29.8 Å². The highest BCUT2D eigenvalue weighted by Crippen LogP contribution is 2.32. The number of hydrogen-bond donors (Lipinski definition) is 0. The molecule has 1 amide bonds. The number of esters is 1. The molecule has 8 heteroatoms. The first-order chi connectivity index (χ1) is 17.5. The highest BCUT2D eigenvalue weighted by molar-refractivity contribution is 7.97. The summed E-state index contributed by atoms with van der Waals surface area (Å²) < 4.78 is 12.4. The van der Waals surface area contributed by atoms with E-state index in [1.165, 1.54) is 7.11 Å². The molecule has 0 saturated carbocycles. The number of benzene rings is 3. The summed E-state index contributed by atoms with van der Waals surface area (Å²) in [6.07, 6.45) is 1.89. The van der Waals surface area contributed by atoms with Gasteiger partial charge in [-0.3, -0.25) is 4.79 Å². The van der Waals surface area contributed by atoms with E-state index in [1.807, 2.05) is 59.5 Å². The van der Waals surface area contributed by atoms with Gasteiger partial charge in [0.05, 0.1) is 19.8 Å². The number of methoxy groups -OCH3 is 2. The molecule has 1 aliphatic rings. The quantitative estimate of drug-likeness (QED) is 0.268. The van der Waals surface area contributed by atoms with Gasteiger partial charge in [-0.2, -0.15) is 0 Å². The summed E-state index contributed by atoms with van der Waals surface area (Å²) in [5, 5.41) is 0.692. The van der Waals surface area contributed by atoms with Crippen molar-refractivity contribution in [2.24, 2.45) is 0 Å². The van der Waals surface area contributed by atoms with E-state index in [0.29, 0.717) is 35.0 Å². The number of rotatable bonds is 8. The predicted molar refractivity (Wildman–Crippen MR) is 143 cm³/mol. The van der Waals surface area contributed by atoms with Gasteiger partial charge in [-0.15, -0.1) is 0 Å². The lowest BCUT2D eigenvalue weighted by Gasteiger charge is -2.39. The second-order valence-electron chi connectivity index (χ2n) is 8.59. The Kier molecular flexibility index (Phi) is 8.91. The number of likely N-dealkylation sites (tertiary alicyclic amines) is 1. The van der Waals surface area contributed by atoms with E-state index in [4.69, 9.17) is 21.1 Å². The lowest BCUT2D eigenvalue weighted by molar-refractivity contribution is 0.0600. The van der Waals surface area contributed by atoms with Gasteiger partial charge in [-0.05, 0) is 85.0 Å². The molecule has 1 unspecified atom stereocenters. The van der Waals surface area contributed by atoms with Crippen LogP contribution >= 0.6 is 23.5 Å². The van der Waals surface area contributed by atoms with Crippen LogP contribution in [0.5, 0.6) is 5.75 Å². The lowest BCUT2D eigenvalue weighted by atomic mass is 10.0. The number of carbonyl (C=O) groups is 2. The van der Waals surface area contributed by atoms with E-state index in [9.17, 15) is 9.59 Å². The monoisotopic (exact) mass is 524 g/mol. The predicted octanol–water partition coefficient (Wildman–Crippen LogP) is 5.95. The first-order valence-electron chi connectivity index (χ1n) is 11.8. The van der Waals surface area contributed by atoms with Crippen LogP contribution in [0.2, 0.25) is 5.02 Å². The van der Waals surface area contributed by atoms with E-state index in [0.717, 1.165) is 29.8 Å². The van der Waals surface area contributed by atoms with Gasteiger partial charge in [0.15, 0.2) is 0 Å². The average Bonchev–Trinajstić information content (AvgIpc) is 2.93. The first-order valence-corrected chi connectivity index (χ1v) is 12.9. The number of carbonyl (C=O) groups excluding carboxylic acids is 2. The van der Waals surface area contributed by atoms with Gasteiger partial charge in [0.1, 0.15) is 5.75 Å². The molecule has 0 bridgehead atoms. The van der Waals surface area contributed by atoms with Crippen molar-refractivity contribution in [1.82, 2.24) is 9.21 Å². The summed E-state index contributed by atoms with van der Waals surface area (Å²) >= 11 is 7.75. The Morgan fingerprint density at radius 1 is 1.03 bits per heavy atom. The summed E-state index contributed by atoms with van der Waals surface area (Å²) in [6.45, 7) is 2.00. The Balaban J connectivity index is 1.54. The van der Waals surface area contributed by atoms with Gasteiger partial charge >= 0.3 is 5.97 Å². The third kappa shape index (κ3) is 6.60. The van der Waals surface area contributed by atoms with E-state index in [-0.39, 0.29) is 17.9 Å². The molecule has 0 aromatic heterocycles. The molecule has 3 aromatic carbocycles. The molecule has 1 saturated heterocycles. The van der Waals surface area contributed by atoms with Crippen LogP contribution < -0.4 is 4.74 Å². The third-order valence-corrected chi connectivity index (χ3v) is 7.55. The molecule has 1 atom stereocenters.